The number of nitro benzene ring substituents is 1. The number of halogens is 1. The van der Waals surface area contributed by atoms with E-state index in [1.807, 2.05) is 26.0 Å². The topological polar surface area (TPSA) is 80.5 Å². The van der Waals surface area contributed by atoms with Crippen LogP contribution in [0.1, 0.15) is 22.3 Å². The molecule has 184 valence electrons. The van der Waals surface area contributed by atoms with Gasteiger partial charge in [0.1, 0.15) is 5.69 Å². The van der Waals surface area contributed by atoms with E-state index in [9.17, 15) is 19.7 Å². The van der Waals surface area contributed by atoms with Crippen molar-refractivity contribution in [3.63, 3.8) is 0 Å². The third kappa shape index (κ3) is 3.55. The van der Waals surface area contributed by atoms with Crippen LogP contribution in [-0.4, -0.2) is 16.7 Å². The molecule has 0 N–H and O–H groups in total. The highest BCUT2D eigenvalue weighted by Crippen LogP contribution is 2.59. The summed E-state index contributed by atoms with van der Waals surface area (Å²) in [6.45, 7) is 4.07. The van der Waals surface area contributed by atoms with Crippen molar-refractivity contribution in [2.75, 3.05) is 4.90 Å². The van der Waals surface area contributed by atoms with Gasteiger partial charge in [0.25, 0.3) is 5.69 Å². The summed E-state index contributed by atoms with van der Waals surface area (Å²) in [5.41, 5.74) is 6.08. The van der Waals surface area contributed by atoms with Gasteiger partial charge in [0.2, 0.25) is 11.8 Å². The van der Waals surface area contributed by atoms with Crippen molar-refractivity contribution in [2.45, 2.75) is 13.8 Å². The Kier molecular flexibility index (Phi) is 5.39. The first-order valence-electron chi connectivity index (χ1n) is 12.1. The predicted molar refractivity (Wildman–Crippen MR) is 142 cm³/mol. The molecule has 6 nitrogen and oxygen atoms in total. The molecular weight excluding hydrogens is 488 g/mol. The Bertz CT molecular complexity index is 1460. The zero-order valence-corrected chi connectivity index (χ0v) is 21.0. The van der Waals surface area contributed by atoms with Crippen molar-refractivity contribution in [1.82, 2.24) is 0 Å². The van der Waals surface area contributed by atoms with Crippen LogP contribution in [0.2, 0.25) is 5.02 Å². The molecule has 1 heterocycles. The van der Waals surface area contributed by atoms with E-state index in [1.165, 1.54) is 18.2 Å². The molecule has 0 aromatic heterocycles. The Balaban J connectivity index is 1.49. The second-order valence-corrected chi connectivity index (χ2v) is 10.4. The number of nitro groups is 1. The van der Waals surface area contributed by atoms with E-state index in [2.05, 4.69) is 48.5 Å². The van der Waals surface area contributed by atoms with Gasteiger partial charge in [-0.25, -0.2) is 4.90 Å². The number of nitrogens with zero attached hydrogens (tertiary/aromatic N) is 2. The third-order valence-electron chi connectivity index (χ3n) is 7.76. The lowest BCUT2D eigenvalue weighted by Crippen LogP contribution is -2.33. The number of aryl methyl sites for hydroxylation is 2. The van der Waals surface area contributed by atoms with Gasteiger partial charge in [-0.05, 0) is 48.3 Å². The first-order valence-corrected chi connectivity index (χ1v) is 12.5. The highest BCUT2D eigenvalue weighted by Gasteiger charge is 2.63. The summed E-state index contributed by atoms with van der Waals surface area (Å²) < 4.78 is 0. The largest absolute Gasteiger partial charge is 0.294 e. The summed E-state index contributed by atoms with van der Waals surface area (Å²) in [7, 11) is 0. The van der Waals surface area contributed by atoms with Crippen molar-refractivity contribution in [3.8, 4) is 0 Å². The lowest BCUT2D eigenvalue weighted by molar-refractivity contribution is -0.384. The normalized spacial score (nSPS) is 23.6. The molecule has 3 aromatic carbocycles. The van der Waals surface area contributed by atoms with Crippen LogP contribution in [0.15, 0.2) is 84.5 Å². The van der Waals surface area contributed by atoms with Crippen LogP contribution in [-0.2, 0) is 9.59 Å². The van der Waals surface area contributed by atoms with Crippen LogP contribution in [0.3, 0.4) is 0 Å². The third-order valence-corrected chi connectivity index (χ3v) is 8.00. The zero-order chi connectivity index (χ0) is 26.0. The van der Waals surface area contributed by atoms with Gasteiger partial charge in [-0.2, -0.15) is 0 Å². The van der Waals surface area contributed by atoms with E-state index >= 15 is 0 Å². The van der Waals surface area contributed by atoms with Crippen LogP contribution in [0.4, 0.5) is 11.4 Å². The molecule has 4 atom stereocenters. The van der Waals surface area contributed by atoms with E-state index in [-0.39, 0.29) is 28.2 Å². The van der Waals surface area contributed by atoms with E-state index in [4.69, 9.17) is 11.6 Å². The quantitative estimate of drug-likeness (QED) is 0.179. The van der Waals surface area contributed by atoms with Gasteiger partial charge >= 0.3 is 0 Å². The van der Waals surface area contributed by atoms with Crippen LogP contribution >= 0.6 is 11.6 Å². The summed E-state index contributed by atoms with van der Waals surface area (Å²) in [6, 6.07) is 20.6. The van der Waals surface area contributed by atoms with Crippen molar-refractivity contribution in [3.05, 3.63) is 122 Å². The van der Waals surface area contributed by atoms with Gasteiger partial charge in [-0.15, -0.1) is 0 Å². The number of hydrogen-bond donors (Lipinski definition) is 0. The van der Waals surface area contributed by atoms with Gasteiger partial charge in [0.15, 0.2) is 0 Å². The Labute approximate surface area is 219 Å². The SMILES string of the molecule is Cc1ccc(C(=C2[C@H]3C=C[C@H]2[C@H]2C(=O)N(c4ccc(Cl)cc4[N+](=O)[O-])C(=O)[C@@H]23)c2ccc(C)cc2)cc1. The molecule has 0 unspecified atom stereocenters. The number of anilines is 1. The molecule has 0 radical (unpaired) electrons. The number of carbonyl (C=O) groups is 2. The highest BCUT2D eigenvalue weighted by atomic mass is 35.5. The summed E-state index contributed by atoms with van der Waals surface area (Å²) in [4.78, 5) is 39.6. The molecule has 0 spiro atoms. The molecule has 2 bridgehead atoms. The maximum absolute atomic E-state index is 13.8. The van der Waals surface area contributed by atoms with Gasteiger partial charge < -0.3 is 0 Å². The first kappa shape index (κ1) is 23.4. The van der Waals surface area contributed by atoms with Gasteiger partial charge in [-0.3, -0.25) is 19.7 Å². The van der Waals surface area contributed by atoms with Gasteiger partial charge in [0.05, 0.1) is 16.8 Å². The van der Waals surface area contributed by atoms with Gasteiger partial charge in [0, 0.05) is 22.9 Å². The second kappa shape index (κ2) is 8.53. The summed E-state index contributed by atoms with van der Waals surface area (Å²) in [6.07, 6.45) is 4.04. The Morgan fingerprint density at radius 1 is 0.811 bits per heavy atom. The van der Waals surface area contributed by atoms with E-state index < -0.39 is 28.6 Å². The number of imide groups is 1. The number of rotatable bonds is 4. The summed E-state index contributed by atoms with van der Waals surface area (Å²) in [5, 5.41) is 11.9. The fraction of sp³-hybridized carbons (Fsp3) is 0.200. The zero-order valence-electron chi connectivity index (χ0n) is 20.2. The average molecular weight is 511 g/mol. The summed E-state index contributed by atoms with van der Waals surface area (Å²) >= 11 is 5.97. The van der Waals surface area contributed by atoms with Crippen molar-refractivity contribution >= 4 is 40.4 Å². The maximum atomic E-state index is 13.8. The molecule has 1 aliphatic heterocycles. The minimum absolute atomic E-state index is 0.0268. The number of benzene rings is 3. The molecule has 7 heteroatoms. The Morgan fingerprint density at radius 3 is 1.76 bits per heavy atom. The fourth-order valence-electron chi connectivity index (χ4n) is 6.11. The first-order chi connectivity index (χ1) is 17.8. The smallest absolute Gasteiger partial charge is 0.274 e. The van der Waals surface area contributed by atoms with E-state index in [0.717, 1.165) is 38.3 Å². The number of hydrogen-bond acceptors (Lipinski definition) is 4. The monoisotopic (exact) mass is 510 g/mol. The molecule has 2 aliphatic carbocycles. The van der Waals surface area contributed by atoms with Gasteiger partial charge in [-0.1, -0.05) is 83.4 Å². The second-order valence-electron chi connectivity index (χ2n) is 9.95. The fourth-order valence-corrected chi connectivity index (χ4v) is 6.27. The molecular formula is C30H23ClN2O4. The molecule has 3 aromatic rings. The molecule has 1 saturated carbocycles. The number of carbonyl (C=O) groups excluding carboxylic acids is 2. The molecule has 2 amide bonds. The molecule has 2 fully saturated rings. The Morgan fingerprint density at radius 2 is 1.30 bits per heavy atom. The minimum Gasteiger partial charge on any atom is -0.274 e. The molecule has 3 aliphatic rings. The molecule has 1 saturated heterocycles. The van der Waals surface area contributed by atoms with Crippen molar-refractivity contribution in [2.24, 2.45) is 23.7 Å². The van der Waals surface area contributed by atoms with Crippen LogP contribution in [0, 0.1) is 47.6 Å². The molecule has 6 rings (SSSR count). The highest BCUT2D eigenvalue weighted by molar-refractivity contribution is 6.31. The van der Waals surface area contributed by atoms with Crippen molar-refractivity contribution < 1.29 is 14.5 Å². The lowest BCUT2D eigenvalue weighted by atomic mass is 9.85. The average Bonchev–Trinajstić information content (AvgIpc) is 3.51. The molecule has 37 heavy (non-hydrogen) atoms. The number of amides is 2. The Hall–Kier alpha value is -4.03. The van der Waals surface area contributed by atoms with Crippen LogP contribution in [0.5, 0.6) is 0 Å². The number of fused-ring (bicyclic) bond motifs is 5. The minimum atomic E-state index is -0.610. The van der Waals surface area contributed by atoms with E-state index in [0.29, 0.717) is 0 Å². The standard InChI is InChI=1S/C30H23ClN2O4/c1-16-3-7-18(8-4-16)25(19-9-5-17(2)6-10-19)26-21-12-13-22(26)28-27(21)29(34)32(30(28)35)23-14-11-20(31)15-24(23)33(36)37/h3-15,21-22,27-28H,1-2H3/t21-,22-,27-,28-/m1/s1. The van der Waals surface area contributed by atoms with Crippen LogP contribution in [0.25, 0.3) is 5.57 Å². The predicted octanol–water partition coefficient (Wildman–Crippen LogP) is 6.29. The van der Waals surface area contributed by atoms with Crippen LogP contribution < -0.4 is 4.90 Å². The lowest BCUT2D eigenvalue weighted by Gasteiger charge is -2.21. The van der Waals surface area contributed by atoms with Crippen molar-refractivity contribution in [1.29, 1.82) is 0 Å². The maximum Gasteiger partial charge on any atom is 0.294 e. The summed E-state index contributed by atoms with van der Waals surface area (Å²) in [5.74, 6) is -2.53. The number of allylic oxidation sites excluding steroid dienone is 3. The van der Waals surface area contributed by atoms with E-state index in [1.54, 1.807) is 0 Å².